The van der Waals surface area contributed by atoms with Crippen molar-refractivity contribution in [2.24, 2.45) is 0 Å². The molecule has 0 aromatic heterocycles. The largest absolute Gasteiger partial charge is 0.389 e. The number of hydrogen-bond acceptors (Lipinski definition) is 2. The summed E-state index contributed by atoms with van der Waals surface area (Å²) in [6.07, 6.45) is -1.09. The van der Waals surface area contributed by atoms with Crippen LogP contribution in [-0.2, 0) is 0 Å². The highest BCUT2D eigenvalue weighted by atomic mass is 19.1. The molecule has 0 aliphatic rings. The molecular weight excluding hydrogens is 188 g/mol. The number of aliphatic hydroxyl groups excluding tert-OH is 1. The van der Waals surface area contributed by atoms with Crippen molar-refractivity contribution in [1.82, 2.24) is 0 Å². The fraction of sp³-hybridized carbons (Fsp3) is 0.400. The van der Waals surface area contributed by atoms with Gasteiger partial charge in [-0.1, -0.05) is 6.07 Å². The summed E-state index contributed by atoms with van der Waals surface area (Å²) >= 11 is 0. The van der Waals surface area contributed by atoms with Crippen LogP contribution in [0.5, 0.6) is 0 Å². The quantitative estimate of drug-likeness (QED) is 0.779. The van der Waals surface area contributed by atoms with E-state index in [-0.39, 0.29) is 12.2 Å². The zero-order chi connectivity index (χ0) is 10.6. The van der Waals surface area contributed by atoms with Crippen LogP contribution in [0.4, 0.5) is 14.5 Å². The van der Waals surface area contributed by atoms with E-state index in [0.717, 1.165) is 5.56 Å². The van der Waals surface area contributed by atoms with E-state index >= 15 is 0 Å². The third-order valence-corrected chi connectivity index (χ3v) is 1.83. The van der Waals surface area contributed by atoms with Crippen molar-refractivity contribution in [3.8, 4) is 0 Å². The molecule has 0 bridgehead atoms. The molecule has 78 valence electrons. The Bertz CT molecular complexity index is 304. The molecule has 0 saturated carbocycles. The Kier molecular flexibility index (Phi) is 3.83. The topological polar surface area (TPSA) is 32.3 Å². The molecule has 4 heteroatoms. The Morgan fingerprint density at radius 1 is 1.50 bits per heavy atom. The first-order chi connectivity index (χ1) is 6.63. The standard InChI is InChI=1S/C10H13F2NO/c1-7-2-3-9(12)10(4-7)13-6-8(14)5-11/h2-4,8,13-14H,5-6H2,1H3. The van der Waals surface area contributed by atoms with E-state index < -0.39 is 18.6 Å². The molecule has 0 aliphatic heterocycles. The minimum Gasteiger partial charge on any atom is -0.389 e. The van der Waals surface area contributed by atoms with Gasteiger partial charge in [-0.25, -0.2) is 8.78 Å². The van der Waals surface area contributed by atoms with Crippen molar-refractivity contribution in [1.29, 1.82) is 0 Å². The summed E-state index contributed by atoms with van der Waals surface area (Å²) in [7, 11) is 0. The molecule has 0 aliphatic carbocycles. The van der Waals surface area contributed by atoms with Crippen molar-refractivity contribution in [3.63, 3.8) is 0 Å². The Balaban J connectivity index is 2.62. The zero-order valence-corrected chi connectivity index (χ0v) is 7.93. The summed E-state index contributed by atoms with van der Waals surface area (Å²) in [5.74, 6) is -0.401. The van der Waals surface area contributed by atoms with Crippen LogP contribution in [-0.4, -0.2) is 24.4 Å². The minimum absolute atomic E-state index is 0.0108. The summed E-state index contributed by atoms with van der Waals surface area (Å²) < 4.78 is 25.0. The second-order valence-corrected chi connectivity index (χ2v) is 3.17. The number of aryl methyl sites for hydroxylation is 1. The van der Waals surface area contributed by atoms with Gasteiger partial charge in [0.05, 0.1) is 11.8 Å². The lowest BCUT2D eigenvalue weighted by Crippen LogP contribution is -2.21. The van der Waals surface area contributed by atoms with Gasteiger partial charge in [0.2, 0.25) is 0 Å². The second-order valence-electron chi connectivity index (χ2n) is 3.17. The second kappa shape index (κ2) is 4.91. The molecule has 1 unspecified atom stereocenters. The number of halogens is 2. The smallest absolute Gasteiger partial charge is 0.146 e. The number of nitrogens with one attached hydrogen (secondary N) is 1. The van der Waals surface area contributed by atoms with Gasteiger partial charge >= 0.3 is 0 Å². The molecule has 1 aromatic carbocycles. The van der Waals surface area contributed by atoms with Crippen LogP contribution in [0.25, 0.3) is 0 Å². The monoisotopic (exact) mass is 201 g/mol. The number of anilines is 1. The molecular formula is C10H13F2NO. The van der Waals surface area contributed by atoms with Gasteiger partial charge in [-0.05, 0) is 24.6 Å². The van der Waals surface area contributed by atoms with Crippen molar-refractivity contribution >= 4 is 5.69 Å². The van der Waals surface area contributed by atoms with Crippen LogP contribution in [0, 0.1) is 12.7 Å². The maximum Gasteiger partial charge on any atom is 0.146 e. The predicted octanol–water partition coefficient (Wildman–Crippen LogP) is 1.88. The molecule has 2 N–H and O–H groups in total. The third kappa shape index (κ3) is 2.96. The van der Waals surface area contributed by atoms with Gasteiger partial charge in [0.1, 0.15) is 12.5 Å². The SMILES string of the molecule is Cc1ccc(F)c(NCC(O)CF)c1. The molecule has 14 heavy (non-hydrogen) atoms. The molecule has 0 saturated heterocycles. The summed E-state index contributed by atoms with van der Waals surface area (Å²) in [4.78, 5) is 0. The highest BCUT2D eigenvalue weighted by Gasteiger charge is 2.05. The van der Waals surface area contributed by atoms with Crippen LogP contribution in [0.1, 0.15) is 5.56 Å². The molecule has 2 nitrogen and oxygen atoms in total. The van der Waals surface area contributed by atoms with E-state index in [0.29, 0.717) is 0 Å². The summed E-state index contributed by atoms with van der Waals surface area (Å²) in [6.45, 7) is 1.01. The zero-order valence-electron chi connectivity index (χ0n) is 7.93. The van der Waals surface area contributed by atoms with Gasteiger partial charge in [0.15, 0.2) is 0 Å². The summed E-state index contributed by atoms with van der Waals surface area (Å²) in [5.41, 5.74) is 1.20. The van der Waals surface area contributed by atoms with Crippen LogP contribution in [0.2, 0.25) is 0 Å². The van der Waals surface area contributed by atoms with Gasteiger partial charge in [-0.2, -0.15) is 0 Å². The fourth-order valence-electron chi connectivity index (χ4n) is 1.06. The third-order valence-electron chi connectivity index (χ3n) is 1.83. The van der Waals surface area contributed by atoms with Crippen LogP contribution in [0.3, 0.4) is 0 Å². The Morgan fingerprint density at radius 3 is 2.86 bits per heavy atom. The van der Waals surface area contributed by atoms with Crippen LogP contribution >= 0.6 is 0 Å². The molecule has 1 rings (SSSR count). The first-order valence-electron chi connectivity index (χ1n) is 4.37. The Morgan fingerprint density at radius 2 is 2.21 bits per heavy atom. The van der Waals surface area contributed by atoms with E-state index in [4.69, 9.17) is 5.11 Å². The molecule has 0 fully saturated rings. The summed E-state index contributed by atoms with van der Waals surface area (Å²) in [6, 6.07) is 4.59. The van der Waals surface area contributed by atoms with E-state index in [1.807, 2.05) is 6.92 Å². The average Bonchev–Trinajstić information content (AvgIpc) is 2.19. The van der Waals surface area contributed by atoms with Crippen LogP contribution < -0.4 is 5.32 Å². The van der Waals surface area contributed by atoms with Crippen molar-refractivity contribution in [2.45, 2.75) is 13.0 Å². The normalized spacial score (nSPS) is 12.6. The average molecular weight is 201 g/mol. The number of rotatable bonds is 4. The summed E-state index contributed by atoms with van der Waals surface area (Å²) in [5, 5.41) is 11.6. The molecule has 1 aromatic rings. The molecule has 0 amide bonds. The highest BCUT2D eigenvalue weighted by molar-refractivity contribution is 5.47. The van der Waals surface area contributed by atoms with Crippen LogP contribution in [0.15, 0.2) is 18.2 Å². The van der Waals surface area contributed by atoms with Crippen molar-refractivity contribution < 1.29 is 13.9 Å². The number of alkyl halides is 1. The maximum absolute atomic E-state index is 13.1. The maximum atomic E-state index is 13.1. The fourth-order valence-corrected chi connectivity index (χ4v) is 1.06. The van der Waals surface area contributed by atoms with Crippen molar-refractivity contribution in [3.05, 3.63) is 29.6 Å². The lowest BCUT2D eigenvalue weighted by molar-refractivity contribution is 0.151. The van der Waals surface area contributed by atoms with Gasteiger partial charge in [-0.3, -0.25) is 0 Å². The molecule has 0 spiro atoms. The lowest BCUT2D eigenvalue weighted by Gasteiger charge is -2.10. The van der Waals surface area contributed by atoms with E-state index in [9.17, 15) is 8.78 Å². The van der Waals surface area contributed by atoms with Gasteiger partial charge in [0.25, 0.3) is 0 Å². The van der Waals surface area contributed by atoms with Gasteiger partial charge < -0.3 is 10.4 Å². The van der Waals surface area contributed by atoms with Gasteiger partial charge in [0, 0.05) is 6.54 Å². The van der Waals surface area contributed by atoms with E-state index in [2.05, 4.69) is 5.32 Å². The lowest BCUT2D eigenvalue weighted by atomic mass is 10.2. The Hall–Kier alpha value is -1.16. The molecule has 0 radical (unpaired) electrons. The molecule has 0 heterocycles. The Labute approximate surface area is 81.6 Å². The molecule has 1 atom stereocenters. The number of aliphatic hydroxyl groups is 1. The highest BCUT2D eigenvalue weighted by Crippen LogP contribution is 2.15. The van der Waals surface area contributed by atoms with E-state index in [1.54, 1.807) is 12.1 Å². The van der Waals surface area contributed by atoms with Gasteiger partial charge in [-0.15, -0.1) is 0 Å². The minimum atomic E-state index is -1.09. The first kappa shape index (κ1) is 10.9. The van der Waals surface area contributed by atoms with E-state index in [1.165, 1.54) is 6.07 Å². The number of hydrogen-bond donors (Lipinski definition) is 2. The van der Waals surface area contributed by atoms with Crippen molar-refractivity contribution in [2.75, 3.05) is 18.5 Å². The predicted molar refractivity (Wildman–Crippen MR) is 51.6 cm³/mol. The number of benzene rings is 1. The first-order valence-corrected chi connectivity index (χ1v) is 4.37.